The van der Waals surface area contributed by atoms with Gasteiger partial charge in [0.15, 0.2) is 0 Å². The van der Waals surface area contributed by atoms with Gasteiger partial charge in [0.1, 0.15) is 0 Å². The van der Waals surface area contributed by atoms with Gasteiger partial charge in [-0.3, -0.25) is 0 Å². The fourth-order valence-electron chi connectivity index (χ4n) is 1.68. The minimum atomic E-state index is -0.342. The first-order chi connectivity index (χ1) is 7.74. The maximum atomic E-state index is 9.72. The van der Waals surface area contributed by atoms with Gasteiger partial charge in [-0.1, -0.05) is 40.0 Å². The lowest BCUT2D eigenvalue weighted by atomic mass is 10.2. The molecule has 0 amide bonds. The van der Waals surface area contributed by atoms with E-state index >= 15 is 0 Å². The van der Waals surface area contributed by atoms with Crippen LogP contribution in [0.5, 0.6) is 0 Å². The normalized spacial score (nSPS) is 13.3. The van der Waals surface area contributed by atoms with Crippen molar-refractivity contribution in [1.29, 1.82) is 0 Å². The second-order valence-electron chi connectivity index (χ2n) is 4.28. The summed E-state index contributed by atoms with van der Waals surface area (Å²) in [5.41, 5.74) is 0. The zero-order valence-corrected chi connectivity index (χ0v) is 11.2. The van der Waals surface area contributed by atoms with E-state index in [1.54, 1.807) is 0 Å². The number of aliphatic hydroxyl groups excluding tert-OH is 1. The van der Waals surface area contributed by atoms with Crippen molar-refractivity contribution < 1.29 is 9.84 Å². The molecule has 0 radical (unpaired) electrons. The highest BCUT2D eigenvalue weighted by Gasteiger charge is 2.08. The molecule has 0 aliphatic heterocycles. The number of likely N-dealkylation sites (N-methyl/N-ethyl adjacent to an activating group) is 1. The van der Waals surface area contributed by atoms with Crippen molar-refractivity contribution in [2.45, 2.75) is 52.6 Å². The molecular weight excluding hydrogens is 202 g/mol. The number of unbranched alkanes of at least 4 members (excludes halogenated alkanes) is 3. The summed E-state index contributed by atoms with van der Waals surface area (Å²) < 4.78 is 5.46. The minimum Gasteiger partial charge on any atom is -0.389 e. The Kier molecular flexibility index (Phi) is 11.3. The summed E-state index contributed by atoms with van der Waals surface area (Å²) in [5, 5.41) is 9.72. The SMILES string of the molecule is CCCCCCOC[C@@H](O)CN(CC)CC. The van der Waals surface area contributed by atoms with Crippen molar-refractivity contribution in [1.82, 2.24) is 4.90 Å². The van der Waals surface area contributed by atoms with Gasteiger partial charge < -0.3 is 14.7 Å². The van der Waals surface area contributed by atoms with E-state index in [-0.39, 0.29) is 6.10 Å². The van der Waals surface area contributed by atoms with Crippen LogP contribution in [-0.2, 0) is 4.74 Å². The molecule has 0 aliphatic rings. The molecular formula is C13H29NO2. The standard InChI is InChI=1S/C13H29NO2/c1-4-7-8-9-10-16-12-13(15)11-14(5-2)6-3/h13,15H,4-12H2,1-3H3/t13-/m0/s1. The van der Waals surface area contributed by atoms with Gasteiger partial charge in [-0.15, -0.1) is 0 Å². The van der Waals surface area contributed by atoms with Crippen LogP contribution in [0.4, 0.5) is 0 Å². The molecule has 3 heteroatoms. The Morgan fingerprint density at radius 2 is 1.75 bits per heavy atom. The van der Waals surface area contributed by atoms with Gasteiger partial charge in [-0.2, -0.15) is 0 Å². The van der Waals surface area contributed by atoms with Gasteiger partial charge >= 0.3 is 0 Å². The second kappa shape index (κ2) is 11.4. The van der Waals surface area contributed by atoms with Gasteiger partial charge in [-0.05, 0) is 19.5 Å². The molecule has 0 aromatic rings. The van der Waals surface area contributed by atoms with Crippen LogP contribution < -0.4 is 0 Å². The van der Waals surface area contributed by atoms with Gasteiger partial charge in [-0.25, -0.2) is 0 Å². The van der Waals surface area contributed by atoms with E-state index in [1.807, 2.05) is 0 Å². The van der Waals surface area contributed by atoms with Crippen molar-refractivity contribution in [2.24, 2.45) is 0 Å². The highest BCUT2D eigenvalue weighted by atomic mass is 16.5. The van der Waals surface area contributed by atoms with E-state index in [4.69, 9.17) is 4.74 Å². The quantitative estimate of drug-likeness (QED) is 0.554. The summed E-state index contributed by atoms with van der Waals surface area (Å²) in [6, 6.07) is 0. The lowest BCUT2D eigenvalue weighted by molar-refractivity contribution is 0.0171. The van der Waals surface area contributed by atoms with Crippen molar-refractivity contribution in [3.8, 4) is 0 Å². The number of hydrogen-bond donors (Lipinski definition) is 1. The molecule has 1 atom stereocenters. The molecule has 0 fully saturated rings. The first-order valence-corrected chi connectivity index (χ1v) is 6.72. The predicted octanol–water partition coefficient (Wildman–Crippen LogP) is 2.29. The van der Waals surface area contributed by atoms with Crippen LogP contribution in [0.25, 0.3) is 0 Å². The Hall–Kier alpha value is -0.120. The van der Waals surface area contributed by atoms with Crippen LogP contribution in [-0.4, -0.2) is 49.0 Å². The van der Waals surface area contributed by atoms with Gasteiger partial charge in [0, 0.05) is 13.2 Å². The molecule has 0 heterocycles. The molecule has 0 saturated heterocycles. The Labute approximate surface area is 101 Å². The van der Waals surface area contributed by atoms with E-state index in [2.05, 4.69) is 25.7 Å². The topological polar surface area (TPSA) is 32.7 Å². The van der Waals surface area contributed by atoms with Crippen molar-refractivity contribution in [2.75, 3.05) is 32.8 Å². The molecule has 0 saturated carbocycles. The molecule has 0 aromatic heterocycles. The third kappa shape index (κ3) is 9.13. The van der Waals surface area contributed by atoms with Gasteiger partial charge in [0.05, 0.1) is 12.7 Å². The highest BCUT2D eigenvalue weighted by Crippen LogP contribution is 2.00. The maximum absolute atomic E-state index is 9.72. The van der Waals surface area contributed by atoms with E-state index in [0.717, 1.165) is 32.7 Å². The molecule has 0 rings (SSSR count). The molecule has 3 nitrogen and oxygen atoms in total. The highest BCUT2D eigenvalue weighted by molar-refractivity contribution is 4.61. The fraction of sp³-hybridized carbons (Fsp3) is 1.00. The third-order valence-corrected chi connectivity index (χ3v) is 2.82. The number of aliphatic hydroxyl groups is 1. The monoisotopic (exact) mass is 231 g/mol. The van der Waals surface area contributed by atoms with Crippen molar-refractivity contribution >= 4 is 0 Å². The molecule has 0 aliphatic carbocycles. The molecule has 0 unspecified atom stereocenters. The maximum Gasteiger partial charge on any atom is 0.0900 e. The lowest BCUT2D eigenvalue weighted by Gasteiger charge is -2.21. The zero-order valence-electron chi connectivity index (χ0n) is 11.2. The average Bonchev–Trinajstić information content (AvgIpc) is 2.30. The summed E-state index contributed by atoms with van der Waals surface area (Å²) >= 11 is 0. The van der Waals surface area contributed by atoms with E-state index in [1.165, 1.54) is 19.3 Å². The summed E-state index contributed by atoms with van der Waals surface area (Å²) in [5.74, 6) is 0. The predicted molar refractivity (Wildman–Crippen MR) is 68.8 cm³/mol. The first kappa shape index (κ1) is 15.9. The van der Waals surface area contributed by atoms with Crippen LogP contribution in [0.3, 0.4) is 0 Å². The summed E-state index contributed by atoms with van der Waals surface area (Å²) in [6.07, 6.45) is 4.55. The fourth-order valence-corrected chi connectivity index (χ4v) is 1.68. The number of rotatable bonds is 11. The van der Waals surface area contributed by atoms with E-state index in [0.29, 0.717) is 6.61 Å². The molecule has 0 bridgehead atoms. The molecule has 0 aromatic carbocycles. The smallest absolute Gasteiger partial charge is 0.0900 e. The molecule has 16 heavy (non-hydrogen) atoms. The molecule has 1 N–H and O–H groups in total. The van der Waals surface area contributed by atoms with Crippen LogP contribution in [0.2, 0.25) is 0 Å². The van der Waals surface area contributed by atoms with E-state index < -0.39 is 0 Å². The summed E-state index contributed by atoms with van der Waals surface area (Å²) in [4.78, 5) is 2.21. The second-order valence-corrected chi connectivity index (χ2v) is 4.28. The van der Waals surface area contributed by atoms with Crippen LogP contribution in [0.15, 0.2) is 0 Å². The number of nitrogens with zero attached hydrogens (tertiary/aromatic N) is 1. The van der Waals surface area contributed by atoms with Gasteiger partial charge in [0.2, 0.25) is 0 Å². The van der Waals surface area contributed by atoms with Crippen LogP contribution in [0.1, 0.15) is 46.5 Å². The Morgan fingerprint density at radius 3 is 2.31 bits per heavy atom. The zero-order chi connectivity index (χ0) is 12.2. The largest absolute Gasteiger partial charge is 0.389 e. The summed E-state index contributed by atoms with van der Waals surface area (Å²) in [6.45, 7) is 10.4. The molecule has 98 valence electrons. The Morgan fingerprint density at radius 1 is 1.06 bits per heavy atom. The minimum absolute atomic E-state index is 0.342. The third-order valence-electron chi connectivity index (χ3n) is 2.82. The average molecular weight is 231 g/mol. The van der Waals surface area contributed by atoms with Crippen molar-refractivity contribution in [3.05, 3.63) is 0 Å². The van der Waals surface area contributed by atoms with E-state index in [9.17, 15) is 5.11 Å². The number of hydrogen-bond acceptors (Lipinski definition) is 3. The van der Waals surface area contributed by atoms with Crippen molar-refractivity contribution in [3.63, 3.8) is 0 Å². The number of ether oxygens (including phenoxy) is 1. The van der Waals surface area contributed by atoms with Crippen LogP contribution >= 0.6 is 0 Å². The lowest BCUT2D eigenvalue weighted by Crippen LogP contribution is -2.34. The van der Waals surface area contributed by atoms with Crippen LogP contribution in [0, 0.1) is 0 Å². The van der Waals surface area contributed by atoms with Gasteiger partial charge in [0.25, 0.3) is 0 Å². The Bertz CT molecular complexity index is 138. The molecule has 0 spiro atoms. The summed E-state index contributed by atoms with van der Waals surface area (Å²) in [7, 11) is 0. The Balaban J connectivity index is 3.32. The first-order valence-electron chi connectivity index (χ1n) is 6.72.